The fraction of sp³-hybridized carbons (Fsp3) is 0.778. The highest BCUT2D eigenvalue weighted by atomic mass is 32.1. The second kappa shape index (κ2) is 6.43. The van der Waals surface area contributed by atoms with E-state index in [0.717, 1.165) is 0 Å². The van der Waals surface area contributed by atoms with Crippen LogP contribution < -0.4 is 0 Å². The van der Waals surface area contributed by atoms with E-state index in [4.69, 9.17) is 0 Å². The average Bonchev–Trinajstić information content (AvgIpc) is 2.67. The first-order valence-electron chi connectivity index (χ1n) is 7.80. The minimum atomic E-state index is 0.284. The second-order valence-electron chi connectivity index (χ2n) is 7.78. The number of hydrogen-bond donors (Lipinski definition) is 0. The third-order valence-electron chi connectivity index (χ3n) is 3.53. The smallest absolute Gasteiger partial charge is 0.0134 e. The number of aryl methyl sites for hydroxylation is 1. The predicted molar refractivity (Wildman–Crippen MR) is 89.6 cm³/mol. The molecular weight excluding hydrogens is 248 g/mol. The van der Waals surface area contributed by atoms with Gasteiger partial charge in [-0.25, -0.2) is 0 Å². The Hall–Kier alpha value is -0.300. The van der Waals surface area contributed by atoms with Crippen LogP contribution in [0.3, 0.4) is 0 Å². The molecule has 0 aromatic carbocycles. The maximum atomic E-state index is 2.48. The van der Waals surface area contributed by atoms with Crippen LogP contribution in [-0.4, -0.2) is 0 Å². The molecule has 0 saturated carbocycles. The summed E-state index contributed by atoms with van der Waals surface area (Å²) in [6.45, 7) is 16.3. The first-order chi connectivity index (χ1) is 8.66. The van der Waals surface area contributed by atoms with E-state index in [1.807, 2.05) is 11.3 Å². The maximum Gasteiger partial charge on any atom is 0.0134 e. The fourth-order valence-electron chi connectivity index (χ4n) is 2.36. The van der Waals surface area contributed by atoms with E-state index in [-0.39, 0.29) is 10.8 Å². The summed E-state index contributed by atoms with van der Waals surface area (Å²) in [6, 6.07) is 2.48. The number of rotatable bonds is 5. The Labute approximate surface area is 124 Å². The van der Waals surface area contributed by atoms with Gasteiger partial charge in [-0.05, 0) is 35.3 Å². The highest BCUT2D eigenvalue weighted by Crippen LogP contribution is 2.39. The lowest BCUT2D eigenvalue weighted by Crippen LogP contribution is -2.11. The van der Waals surface area contributed by atoms with Crippen LogP contribution in [0, 0.1) is 0 Å². The Bertz CT molecular complexity index is 385. The second-order valence-corrected chi connectivity index (χ2v) is 8.83. The van der Waals surface area contributed by atoms with Crippen molar-refractivity contribution in [3.05, 3.63) is 21.4 Å². The molecule has 1 aromatic heterocycles. The lowest BCUT2D eigenvalue weighted by molar-refractivity contribution is 0.590. The molecule has 0 saturated heterocycles. The normalized spacial score (nSPS) is 13.0. The zero-order chi connectivity index (χ0) is 14.7. The quantitative estimate of drug-likeness (QED) is 0.542. The van der Waals surface area contributed by atoms with Gasteiger partial charge in [-0.2, -0.15) is 0 Å². The van der Waals surface area contributed by atoms with E-state index >= 15 is 0 Å². The summed E-state index contributed by atoms with van der Waals surface area (Å²) >= 11 is 2.04. The van der Waals surface area contributed by atoms with Gasteiger partial charge in [-0.3, -0.25) is 0 Å². The van der Waals surface area contributed by atoms with Gasteiger partial charge in [-0.15, -0.1) is 11.3 Å². The van der Waals surface area contributed by atoms with Crippen molar-refractivity contribution < 1.29 is 0 Å². The zero-order valence-electron chi connectivity index (χ0n) is 14.0. The van der Waals surface area contributed by atoms with Gasteiger partial charge in [0.2, 0.25) is 0 Å². The summed E-state index contributed by atoms with van der Waals surface area (Å²) in [5, 5.41) is 0. The summed E-state index contributed by atoms with van der Waals surface area (Å²) in [7, 11) is 0. The van der Waals surface area contributed by atoms with Gasteiger partial charge in [0, 0.05) is 9.75 Å². The first kappa shape index (κ1) is 16.8. The standard InChI is InChI=1S/C18H32S/c1-8-9-10-11-12-14-13-15(17(2,3)4)19-16(14)18(5,6)7/h13H,8-12H2,1-7H3. The Kier molecular flexibility index (Phi) is 5.67. The molecule has 0 fully saturated rings. The molecule has 1 rings (SSSR count). The summed E-state index contributed by atoms with van der Waals surface area (Å²) in [4.78, 5) is 3.15. The van der Waals surface area contributed by atoms with E-state index in [1.165, 1.54) is 32.1 Å². The molecule has 0 spiro atoms. The molecular formula is C18H32S. The molecule has 0 bridgehead atoms. The highest BCUT2D eigenvalue weighted by Gasteiger charge is 2.25. The van der Waals surface area contributed by atoms with Crippen LogP contribution in [0.4, 0.5) is 0 Å². The molecule has 1 heteroatoms. The van der Waals surface area contributed by atoms with Gasteiger partial charge < -0.3 is 0 Å². The van der Waals surface area contributed by atoms with Crippen molar-refractivity contribution in [1.29, 1.82) is 0 Å². The minimum Gasteiger partial charge on any atom is -0.144 e. The Balaban J connectivity index is 2.91. The SMILES string of the molecule is CCCCCCc1cc(C(C)(C)C)sc1C(C)(C)C. The van der Waals surface area contributed by atoms with Crippen LogP contribution in [-0.2, 0) is 17.3 Å². The van der Waals surface area contributed by atoms with Crippen LogP contribution in [0.25, 0.3) is 0 Å². The fourth-order valence-corrected chi connectivity index (χ4v) is 3.69. The number of unbranched alkanes of at least 4 members (excludes halogenated alkanes) is 3. The Morgan fingerprint density at radius 3 is 2.00 bits per heavy atom. The molecule has 0 radical (unpaired) electrons. The van der Waals surface area contributed by atoms with Crippen LogP contribution in [0.5, 0.6) is 0 Å². The summed E-state index contributed by atoms with van der Waals surface area (Å²) in [6.07, 6.45) is 6.68. The molecule has 0 aliphatic carbocycles. The molecule has 0 aliphatic rings. The molecule has 0 atom stereocenters. The molecule has 0 aliphatic heterocycles. The molecule has 1 heterocycles. The van der Waals surface area contributed by atoms with Crippen molar-refractivity contribution in [2.24, 2.45) is 0 Å². The Morgan fingerprint density at radius 1 is 0.895 bits per heavy atom. The van der Waals surface area contributed by atoms with Gasteiger partial charge in [0.25, 0.3) is 0 Å². The van der Waals surface area contributed by atoms with Gasteiger partial charge in [-0.1, -0.05) is 67.7 Å². The van der Waals surface area contributed by atoms with Crippen molar-refractivity contribution in [2.75, 3.05) is 0 Å². The third-order valence-corrected chi connectivity index (χ3v) is 5.56. The van der Waals surface area contributed by atoms with Crippen molar-refractivity contribution in [2.45, 2.75) is 91.4 Å². The van der Waals surface area contributed by atoms with Crippen molar-refractivity contribution in [3.8, 4) is 0 Å². The van der Waals surface area contributed by atoms with Crippen molar-refractivity contribution >= 4 is 11.3 Å². The van der Waals surface area contributed by atoms with Crippen molar-refractivity contribution in [1.82, 2.24) is 0 Å². The molecule has 1 aromatic rings. The van der Waals surface area contributed by atoms with Crippen LogP contribution in [0.1, 0.15) is 89.5 Å². The summed E-state index contributed by atoms with van der Waals surface area (Å²) < 4.78 is 0. The topological polar surface area (TPSA) is 0 Å². The monoisotopic (exact) mass is 280 g/mol. The minimum absolute atomic E-state index is 0.284. The van der Waals surface area contributed by atoms with Crippen molar-refractivity contribution in [3.63, 3.8) is 0 Å². The third kappa shape index (κ3) is 4.95. The largest absolute Gasteiger partial charge is 0.144 e. The molecule has 0 amide bonds. The van der Waals surface area contributed by atoms with Gasteiger partial charge in [0.05, 0.1) is 0 Å². The van der Waals surface area contributed by atoms with E-state index in [9.17, 15) is 0 Å². The molecule has 110 valence electrons. The number of hydrogen-bond acceptors (Lipinski definition) is 1. The molecule has 19 heavy (non-hydrogen) atoms. The summed E-state index contributed by atoms with van der Waals surface area (Å²) in [5.41, 5.74) is 2.18. The van der Waals surface area contributed by atoms with Crippen LogP contribution in [0.15, 0.2) is 6.07 Å². The van der Waals surface area contributed by atoms with E-state index in [2.05, 4.69) is 54.5 Å². The Morgan fingerprint density at radius 2 is 1.53 bits per heavy atom. The average molecular weight is 281 g/mol. The number of thiophene rings is 1. The van der Waals surface area contributed by atoms with E-state index in [0.29, 0.717) is 0 Å². The van der Waals surface area contributed by atoms with Gasteiger partial charge in [0.15, 0.2) is 0 Å². The maximum absolute atomic E-state index is 2.48. The first-order valence-corrected chi connectivity index (χ1v) is 8.61. The van der Waals surface area contributed by atoms with Gasteiger partial charge >= 0.3 is 0 Å². The van der Waals surface area contributed by atoms with Gasteiger partial charge in [0.1, 0.15) is 0 Å². The molecule has 0 N–H and O–H groups in total. The summed E-state index contributed by atoms with van der Waals surface area (Å²) in [5.74, 6) is 0. The van der Waals surface area contributed by atoms with E-state index in [1.54, 1.807) is 15.3 Å². The lowest BCUT2D eigenvalue weighted by Gasteiger charge is -2.19. The lowest BCUT2D eigenvalue weighted by atomic mass is 9.88. The molecule has 0 nitrogen and oxygen atoms in total. The van der Waals surface area contributed by atoms with E-state index < -0.39 is 0 Å². The predicted octanol–water partition coefficient (Wildman–Crippen LogP) is 6.47. The molecule has 0 unspecified atom stereocenters. The highest BCUT2D eigenvalue weighted by molar-refractivity contribution is 7.12. The van der Waals surface area contributed by atoms with Crippen LogP contribution >= 0.6 is 11.3 Å². The van der Waals surface area contributed by atoms with Crippen LogP contribution in [0.2, 0.25) is 0 Å². The zero-order valence-corrected chi connectivity index (χ0v) is 14.8.